The van der Waals surface area contributed by atoms with Gasteiger partial charge in [0.25, 0.3) is 5.91 Å². The van der Waals surface area contributed by atoms with Gasteiger partial charge in [0.1, 0.15) is 17.2 Å². The number of carboxylic acid groups (broad SMARTS) is 1. The first-order valence-corrected chi connectivity index (χ1v) is 11.9. The van der Waals surface area contributed by atoms with Crippen LogP contribution < -0.4 is 5.32 Å². The molecule has 2 N–H and O–H groups in total. The molecule has 1 unspecified atom stereocenters. The number of fused-ring (bicyclic) bond motifs is 2. The summed E-state index contributed by atoms with van der Waals surface area (Å²) in [7, 11) is 0. The summed E-state index contributed by atoms with van der Waals surface area (Å²) in [6.07, 6.45) is 10.2. The first-order chi connectivity index (χ1) is 17.9. The van der Waals surface area contributed by atoms with Crippen LogP contribution in [0.1, 0.15) is 58.7 Å². The lowest BCUT2D eigenvalue weighted by atomic mass is 10.1. The zero-order valence-corrected chi connectivity index (χ0v) is 20.0. The third-order valence-electron chi connectivity index (χ3n) is 6.40. The highest BCUT2D eigenvalue weighted by atomic mass is 35.5. The number of aliphatic carboxylic acids is 1. The lowest BCUT2D eigenvalue weighted by Crippen LogP contribution is -2.23. The van der Waals surface area contributed by atoms with Gasteiger partial charge in [-0.1, -0.05) is 22.9 Å². The minimum Gasteiger partial charge on any atom is -0.481 e. The van der Waals surface area contributed by atoms with Crippen molar-refractivity contribution in [2.75, 3.05) is 0 Å². The number of pyridine rings is 2. The van der Waals surface area contributed by atoms with Gasteiger partial charge in [-0.05, 0) is 36.5 Å². The number of rotatable bonds is 8. The number of carboxylic acids is 1. The van der Waals surface area contributed by atoms with Gasteiger partial charge in [0.2, 0.25) is 0 Å². The zero-order valence-electron chi connectivity index (χ0n) is 19.3. The second-order valence-electron chi connectivity index (χ2n) is 8.97. The monoisotopic (exact) mass is 522 g/mol. The van der Waals surface area contributed by atoms with Gasteiger partial charge >= 0.3 is 5.97 Å². The Balaban J connectivity index is 1.23. The van der Waals surface area contributed by atoms with E-state index in [-0.39, 0.29) is 29.2 Å². The van der Waals surface area contributed by atoms with Gasteiger partial charge in [0.15, 0.2) is 11.5 Å². The van der Waals surface area contributed by atoms with Crippen molar-refractivity contribution < 1.29 is 19.1 Å². The summed E-state index contributed by atoms with van der Waals surface area (Å²) in [5, 5.41) is 20.0. The summed E-state index contributed by atoms with van der Waals surface area (Å²) < 4.78 is 19.1. The highest BCUT2D eigenvalue weighted by molar-refractivity contribution is 6.31. The minimum atomic E-state index is -1.05. The molecule has 188 valence electrons. The third-order valence-corrected chi connectivity index (χ3v) is 6.69. The number of nitrogens with one attached hydrogen (secondary N) is 1. The second kappa shape index (κ2) is 8.96. The number of amides is 1. The Morgan fingerprint density at radius 3 is 2.81 bits per heavy atom. The highest BCUT2D eigenvalue weighted by Gasteiger charge is 2.26. The Bertz CT molecular complexity index is 1670. The first kappa shape index (κ1) is 23.1. The van der Waals surface area contributed by atoms with Crippen LogP contribution in [0.2, 0.25) is 5.02 Å². The average molecular weight is 523 g/mol. The van der Waals surface area contributed by atoms with Crippen molar-refractivity contribution in [3.63, 3.8) is 0 Å². The van der Waals surface area contributed by atoms with Crippen LogP contribution in [0.15, 0.2) is 49.3 Å². The van der Waals surface area contributed by atoms with Gasteiger partial charge < -0.3 is 19.2 Å². The fourth-order valence-corrected chi connectivity index (χ4v) is 4.49. The van der Waals surface area contributed by atoms with Gasteiger partial charge in [-0.3, -0.25) is 9.59 Å². The highest BCUT2D eigenvalue weighted by Crippen LogP contribution is 2.40. The molecule has 5 aromatic heterocycles. The van der Waals surface area contributed by atoms with E-state index < -0.39 is 23.7 Å². The van der Waals surface area contributed by atoms with E-state index in [0.717, 1.165) is 12.8 Å². The van der Waals surface area contributed by atoms with Crippen molar-refractivity contribution in [2.24, 2.45) is 0 Å². The van der Waals surface area contributed by atoms with E-state index >= 15 is 0 Å². The van der Waals surface area contributed by atoms with Crippen LogP contribution in [0.25, 0.3) is 11.2 Å². The Morgan fingerprint density at radius 1 is 1.19 bits per heavy atom. The van der Waals surface area contributed by atoms with Crippen LogP contribution in [-0.2, 0) is 11.3 Å². The van der Waals surface area contributed by atoms with E-state index in [1.807, 2.05) is 22.7 Å². The van der Waals surface area contributed by atoms with Crippen LogP contribution in [0.4, 0.5) is 4.39 Å². The lowest BCUT2D eigenvalue weighted by Gasteiger charge is -2.11. The topological polar surface area (TPSA) is 132 Å². The number of hydrogen-bond acceptors (Lipinski definition) is 6. The largest absolute Gasteiger partial charge is 0.481 e. The molecule has 0 bridgehead atoms. The molecular weight excluding hydrogens is 503 g/mol. The molecule has 0 saturated heterocycles. The van der Waals surface area contributed by atoms with E-state index in [9.17, 15) is 19.1 Å². The summed E-state index contributed by atoms with van der Waals surface area (Å²) in [5.41, 5.74) is 2.82. The standard InChI is InChI=1S/C24H20ClFN8O3/c25-15-5-6-32-12-28-16(23(32)22(15)26)8-27-24(37)18-11-34(31-30-18)19(7-21(35)36)17-10-33-9-14(13-1-2-13)3-4-20(33)29-17/h3-6,9-13,19H,1-2,7-8H2,(H,27,37)(H,35,36). The van der Waals surface area contributed by atoms with Crippen molar-refractivity contribution >= 4 is 34.6 Å². The maximum absolute atomic E-state index is 14.5. The summed E-state index contributed by atoms with van der Waals surface area (Å²) in [5.74, 6) is -1.69. The van der Waals surface area contributed by atoms with Crippen LogP contribution in [-0.4, -0.2) is 50.7 Å². The Hall–Kier alpha value is -4.32. The van der Waals surface area contributed by atoms with Crippen molar-refractivity contribution in [1.29, 1.82) is 0 Å². The lowest BCUT2D eigenvalue weighted by molar-refractivity contribution is -0.137. The molecule has 5 aromatic rings. The first-order valence-electron chi connectivity index (χ1n) is 11.6. The van der Waals surface area contributed by atoms with Gasteiger partial charge in [0, 0.05) is 18.6 Å². The van der Waals surface area contributed by atoms with Crippen LogP contribution in [0.3, 0.4) is 0 Å². The Morgan fingerprint density at radius 2 is 2.03 bits per heavy atom. The predicted octanol–water partition coefficient (Wildman–Crippen LogP) is 3.24. The minimum absolute atomic E-state index is 0.0304. The number of imidazole rings is 2. The number of halogens is 2. The Kier molecular flexibility index (Phi) is 5.60. The molecule has 1 fully saturated rings. The van der Waals surface area contributed by atoms with Crippen LogP contribution in [0.5, 0.6) is 0 Å². The smallest absolute Gasteiger partial charge is 0.305 e. The fourth-order valence-electron chi connectivity index (χ4n) is 4.35. The molecule has 1 aliphatic carbocycles. The molecule has 37 heavy (non-hydrogen) atoms. The van der Waals surface area contributed by atoms with Crippen LogP contribution >= 0.6 is 11.6 Å². The maximum atomic E-state index is 14.5. The molecule has 0 aromatic carbocycles. The molecule has 5 heterocycles. The molecule has 1 atom stereocenters. The van der Waals surface area contributed by atoms with Gasteiger partial charge in [-0.2, -0.15) is 0 Å². The average Bonchev–Trinajstić information content (AvgIpc) is 3.28. The van der Waals surface area contributed by atoms with Crippen molar-refractivity contribution in [2.45, 2.75) is 37.8 Å². The number of hydrogen-bond donors (Lipinski definition) is 2. The van der Waals surface area contributed by atoms with Crippen LogP contribution in [0, 0.1) is 5.82 Å². The number of carbonyl (C=O) groups excluding carboxylic acids is 1. The SMILES string of the molecule is O=C(O)CC(c1cn2cc(C3CC3)ccc2n1)n1cc(C(=O)NCc2ncn3ccc(Cl)c(F)c23)nn1. The molecule has 0 radical (unpaired) electrons. The van der Waals surface area contributed by atoms with Crippen molar-refractivity contribution in [1.82, 2.24) is 39.1 Å². The number of carbonyl (C=O) groups is 2. The third kappa shape index (κ3) is 4.40. The van der Waals surface area contributed by atoms with E-state index in [0.29, 0.717) is 23.0 Å². The molecule has 6 rings (SSSR count). The molecule has 0 aliphatic heterocycles. The van der Waals surface area contributed by atoms with E-state index in [4.69, 9.17) is 11.6 Å². The normalized spacial score (nSPS) is 14.3. The van der Waals surface area contributed by atoms with Gasteiger partial charge in [-0.15, -0.1) is 5.10 Å². The summed E-state index contributed by atoms with van der Waals surface area (Å²) in [6.45, 7) is -0.0756. The zero-order chi connectivity index (χ0) is 25.7. The van der Waals surface area contributed by atoms with E-state index in [2.05, 4.69) is 25.6 Å². The summed E-state index contributed by atoms with van der Waals surface area (Å²) >= 11 is 5.87. The maximum Gasteiger partial charge on any atom is 0.305 e. The van der Waals surface area contributed by atoms with Gasteiger partial charge in [0.05, 0.1) is 41.9 Å². The molecule has 11 nitrogen and oxygen atoms in total. The summed E-state index contributed by atoms with van der Waals surface area (Å²) in [4.78, 5) is 33.1. The molecular formula is C24H20ClFN8O3. The van der Waals surface area contributed by atoms with Crippen molar-refractivity contribution in [3.8, 4) is 0 Å². The van der Waals surface area contributed by atoms with E-state index in [1.54, 1.807) is 12.4 Å². The van der Waals surface area contributed by atoms with E-state index in [1.165, 1.54) is 33.2 Å². The molecule has 1 saturated carbocycles. The fraction of sp³-hybridized carbons (Fsp3) is 0.250. The van der Waals surface area contributed by atoms with Gasteiger partial charge in [-0.25, -0.2) is 19.0 Å². The predicted molar refractivity (Wildman–Crippen MR) is 129 cm³/mol. The second-order valence-corrected chi connectivity index (χ2v) is 9.38. The Labute approximate surface area is 213 Å². The van der Waals surface area contributed by atoms with Crippen molar-refractivity contribution in [3.05, 3.63) is 82.8 Å². The number of nitrogens with zero attached hydrogens (tertiary/aromatic N) is 7. The molecule has 0 spiro atoms. The molecule has 1 amide bonds. The summed E-state index contributed by atoms with van der Waals surface area (Å²) in [6, 6.07) is 4.58. The number of aromatic nitrogens is 7. The molecule has 1 aliphatic rings. The molecule has 13 heteroatoms. The quantitative estimate of drug-likeness (QED) is 0.320.